The maximum Gasteiger partial charge on any atom is 0.411 e. The van der Waals surface area contributed by atoms with Crippen molar-refractivity contribution in [2.24, 2.45) is 0 Å². The lowest BCUT2D eigenvalue weighted by atomic mass is 10.0. The Balaban J connectivity index is 3.20. The van der Waals surface area contributed by atoms with Crippen LogP contribution in [0.4, 0.5) is 4.79 Å². The summed E-state index contributed by atoms with van der Waals surface area (Å²) >= 11 is 4.38. The summed E-state index contributed by atoms with van der Waals surface area (Å²) in [6.07, 6.45) is -0.696. The van der Waals surface area contributed by atoms with Gasteiger partial charge >= 0.3 is 12.1 Å². The molecule has 0 aliphatic heterocycles. The molecule has 0 unspecified atom stereocenters. The van der Waals surface area contributed by atoms with Crippen molar-refractivity contribution in [2.75, 3.05) is 7.11 Å². The highest BCUT2D eigenvalue weighted by molar-refractivity contribution is 7.81. The SMILES string of the molecule is COc1ccc(CN(C(=O)OC(C)(C)C)[C@H](C(=O)O)C(C)(C)S)cc1. The first-order chi connectivity index (χ1) is 11.3. The van der Waals surface area contributed by atoms with Crippen molar-refractivity contribution in [3.63, 3.8) is 0 Å². The zero-order chi connectivity index (χ0) is 19.4. The van der Waals surface area contributed by atoms with Crippen molar-refractivity contribution in [1.29, 1.82) is 0 Å². The number of methoxy groups -OCH3 is 1. The van der Waals surface area contributed by atoms with Gasteiger partial charge in [0.2, 0.25) is 0 Å². The van der Waals surface area contributed by atoms with Crippen molar-refractivity contribution in [3.05, 3.63) is 29.8 Å². The quantitative estimate of drug-likeness (QED) is 0.750. The molecule has 0 spiro atoms. The van der Waals surface area contributed by atoms with Crippen LogP contribution in [0.1, 0.15) is 40.2 Å². The molecule has 1 aromatic carbocycles. The van der Waals surface area contributed by atoms with Crippen LogP contribution in [0.3, 0.4) is 0 Å². The summed E-state index contributed by atoms with van der Waals surface area (Å²) in [4.78, 5) is 25.7. The first-order valence-electron chi connectivity index (χ1n) is 7.93. The molecule has 0 radical (unpaired) electrons. The second kappa shape index (κ2) is 7.99. The van der Waals surface area contributed by atoms with Crippen LogP contribution in [0, 0.1) is 0 Å². The molecule has 0 saturated carbocycles. The second-order valence-corrected chi connectivity index (χ2v) is 8.50. The number of amides is 1. The highest BCUT2D eigenvalue weighted by atomic mass is 32.1. The summed E-state index contributed by atoms with van der Waals surface area (Å²) in [5.41, 5.74) is 0.0226. The molecule has 1 aromatic rings. The van der Waals surface area contributed by atoms with Gasteiger partial charge in [0.05, 0.1) is 7.11 Å². The summed E-state index contributed by atoms with van der Waals surface area (Å²) in [7, 11) is 1.56. The van der Waals surface area contributed by atoms with Crippen LogP contribution in [0.5, 0.6) is 5.75 Å². The van der Waals surface area contributed by atoms with Crippen molar-refractivity contribution >= 4 is 24.7 Å². The van der Waals surface area contributed by atoms with Gasteiger partial charge < -0.3 is 14.6 Å². The third kappa shape index (κ3) is 6.49. The summed E-state index contributed by atoms with van der Waals surface area (Å²) in [6, 6.07) is 5.91. The summed E-state index contributed by atoms with van der Waals surface area (Å²) in [5.74, 6) is -0.462. The van der Waals surface area contributed by atoms with Crippen LogP contribution >= 0.6 is 12.6 Å². The number of aliphatic carboxylic acids is 1. The van der Waals surface area contributed by atoms with E-state index in [0.717, 1.165) is 5.56 Å². The van der Waals surface area contributed by atoms with Crippen molar-refractivity contribution in [2.45, 2.75) is 57.6 Å². The molecule has 0 aliphatic carbocycles. The number of hydrogen-bond acceptors (Lipinski definition) is 5. The minimum Gasteiger partial charge on any atom is -0.497 e. The van der Waals surface area contributed by atoms with Gasteiger partial charge in [0.15, 0.2) is 0 Å². The molecule has 0 fully saturated rings. The molecule has 0 bridgehead atoms. The summed E-state index contributed by atoms with van der Waals surface area (Å²) in [5, 5.41) is 9.67. The van der Waals surface area contributed by atoms with Gasteiger partial charge in [0.1, 0.15) is 17.4 Å². The summed E-state index contributed by atoms with van der Waals surface area (Å²) < 4.78 is 9.56. The fourth-order valence-electron chi connectivity index (χ4n) is 2.33. The van der Waals surface area contributed by atoms with E-state index in [-0.39, 0.29) is 6.54 Å². The van der Waals surface area contributed by atoms with Gasteiger partial charge in [-0.15, -0.1) is 0 Å². The third-order valence-electron chi connectivity index (χ3n) is 3.35. The second-order valence-electron chi connectivity index (χ2n) is 7.35. The number of carboxylic acids is 1. The molecular weight excluding hydrogens is 342 g/mol. The van der Waals surface area contributed by atoms with Crippen LogP contribution in [0.2, 0.25) is 0 Å². The van der Waals surface area contributed by atoms with Crippen molar-refractivity contribution < 1.29 is 24.2 Å². The van der Waals surface area contributed by atoms with E-state index >= 15 is 0 Å². The van der Waals surface area contributed by atoms with Crippen LogP contribution < -0.4 is 4.74 Å². The minimum atomic E-state index is -1.16. The van der Waals surface area contributed by atoms with E-state index in [1.807, 2.05) is 0 Å². The molecule has 1 amide bonds. The number of thiol groups is 1. The highest BCUT2D eigenvalue weighted by Gasteiger charge is 2.41. The number of carbonyl (C=O) groups excluding carboxylic acids is 1. The number of benzene rings is 1. The van der Waals surface area contributed by atoms with Gasteiger partial charge in [0.25, 0.3) is 0 Å². The molecule has 0 aromatic heterocycles. The monoisotopic (exact) mass is 369 g/mol. The third-order valence-corrected chi connectivity index (χ3v) is 3.60. The van der Waals surface area contributed by atoms with Crippen molar-refractivity contribution in [1.82, 2.24) is 4.90 Å². The molecule has 6 nitrogen and oxygen atoms in total. The van der Waals surface area contributed by atoms with Gasteiger partial charge in [-0.2, -0.15) is 12.6 Å². The predicted molar refractivity (Wildman–Crippen MR) is 99.3 cm³/mol. The average molecular weight is 369 g/mol. The molecule has 7 heteroatoms. The van der Waals surface area contributed by atoms with E-state index in [1.54, 1.807) is 66.0 Å². The van der Waals surface area contributed by atoms with E-state index in [1.165, 1.54) is 4.90 Å². The lowest BCUT2D eigenvalue weighted by Gasteiger charge is -2.37. The van der Waals surface area contributed by atoms with Gasteiger partial charge in [-0.05, 0) is 52.3 Å². The van der Waals surface area contributed by atoms with E-state index < -0.39 is 28.5 Å². The Morgan fingerprint density at radius 3 is 2.04 bits per heavy atom. The smallest absolute Gasteiger partial charge is 0.411 e. The molecule has 140 valence electrons. The van der Waals surface area contributed by atoms with Gasteiger partial charge in [-0.1, -0.05) is 12.1 Å². The fraction of sp³-hybridized carbons (Fsp3) is 0.556. The average Bonchev–Trinajstić information content (AvgIpc) is 2.43. The Labute approximate surface area is 154 Å². The van der Waals surface area contributed by atoms with E-state index in [9.17, 15) is 14.7 Å². The maximum absolute atomic E-state index is 12.7. The Hall–Kier alpha value is -1.89. The van der Waals surface area contributed by atoms with Gasteiger partial charge in [0, 0.05) is 11.3 Å². The molecular formula is C18H27NO5S. The molecule has 0 aliphatic rings. The molecule has 0 heterocycles. The number of carbonyl (C=O) groups is 2. The first kappa shape index (κ1) is 21.2. The molecule has 1 N–H and O–H groups in total. The van der Waals surface area contributed by atoms with E-state index in [0.29, 0.717) is 5.75 Å². The number of nitrogens with zero attached hydrogens (tertiary/aromatic N) is 1. The largest absolute Gasteiger partial charge is 0.497 e. The van der Waals surface area contributed by atoms with Crippen molar-refractivity contribution in [3.8, 4) is 5.75 Å². The highest BCUT2D eigenvalue weighted by Crippen LogP contribution is 2.27. The Bertz CT molecular complexity index is 601. The standard InChI is InChI=1S/C18H27NO5S/c1-17(2,3)24-16(22)19(14(15(20)21)18(4,5)25)11-12-7-9-13(23-6)10-8-12/h7-10,14,25H,11H2,1-6H3,(H,20,21)/t14-/m1/s1. The number of ether oxygens (including phenoxy) is 2. The normalized spacial score (nSPS) is 13.1. The number of carboxylic acid groups (broad SMARTS) is 1. The summed E-state index contributed by atoms with van der Waals surface area (Å²) in [6.45, 7) is 8.59. The minimum absolute atomic E-state index is 0.0832. The number of hydrogen-bond donors (Lipinski definition) is 2. The van der Waals surface area contributed by atoms with E-state index in [2.05, 4.69) is 12.6 Å². The fourth-order valence-corrected chi connectivity index (χ4v) is 2.58. The lowest BCUT2D eigenvalue weighted by Crippen LogP contribution is -2.54. The van der Waals surface area contributed by atoms with Crippen LogP contribution in [0.25, 0.3) is 0 Å². The Kier molecular flexibility index (Phi) is 6.76. The van der Waals surface area contributed by atoms with Crippen LogP contribution in [0.15, 0.2) is 24.3 Å². The zero-order valence-electron chi connectivity index (χ0n) is 15.6. The number of rotatable bonds is 6. The lowest BCUT2D eigenvalue weighted by molar-refractivity contribution is -0.144. The first-order valence-corrected chi connectivity index (χ1v) is 8.37. The van der Waals surface area contributed by atoms with Crippen LogP contribution in [-0.2, 0) is 16.1 Å². The van der Waals surface area contributed by atoms with E-state index in [4.69, 9.17) is 9.47 Å². The molecule has 1 rings (SSSR count). The zero-order valence-corrected chi connectivity index (χ0v) is 16.5. The Morgan fingerprint density at radius 2 is 1.68 bits per heavy atom. The predicted octanol–water partition coefficient (Wildman–Crippen LogP) is 3.59. The Morgan fingerprint density at radius 1 is 1.16 bits per heavy atom. The molecule has 25 heavy (non-hydrogen) atoms. The molecule has 1 atom stereocenters. The molecule has 0 saturated heterocycles. The van der Waals surface area contributed by atoms with Gasteiger partial charge in [-0.3, -0.25) is 4.90 Å². The maximum atomic E-state index is 12.7. The van der Waals surface area contributed by atoms with Gasteiger partial charge in [-0.25, -0.2) is 9.59 Å². The van der Waals surface area contributed by atoms with Crippen LogP contribution in [-0.4, -0.2) is 45.6 Å². The topological polar surface area (TPSA) is 76.1 Å².